The smallest absolute Gasteiger partial charge is 0.263 e. The Balaban J connectivity index is 1.86. The van der Waals surface area contributed by atoms with Crippen LogP contribution in [0.4, 0.5) is 4.39 Å². The monoisotopic (exact) mass is 306 g/mol. The number of nitrogens with zero attached hydrogens (tertiary/aromatic N) is 1. The first-order valence-electron chi connectivity index (χ1n) is 6.83. The highest BCUT2D eigenvalue weighted by Gasteiger charge is 2.28. The van der Waals surface area contributed by atoms with Crippen LogP contribution < -0.4 is 5.73 Å². The van der Waals surface area contributed by atoms with E-state index in [4.69, 9.17) is 5.73 Å². The van der Waals surface area contributed by atoms with Crippen LogP contribution in [0.1, 0.15) is 22.5 Å². The van der Waals surface area contributed by atoms with Crippen LogP contribution in [0.5, 0.6) is 0 Å². The van der Waals surface area contributed by atoms with Gasteiger partial charge in [0.15, 0.2) is 0 Å². The summed E-state index contributed by atoms with van der Waals surface area (Å²) in [6.07, 6.45) is 1.48. The molecule has 110 valence electrons. The SMILES string of the molecule is NC(=O)C1CCCN(C(=O)c2cc3c(F)cccc3s2)C1. The van der Waals surface area contributed by atoms with Crippen LogP contribution in [0.25, 0.3) is 10.1 Å². The van der Waals surface area contributed by atoms with E-state index in [-0.39, 0.29) is 23.5 Å². The molecule has 3 rings (SSSR count). The summed E-state index contributed by atoms with van der Waals surface area (Å²) in [7, 11) is 0. The second-order valence-corrected chi connectivity index (χ2v) is 6.34. The summed E-state index contributed by atoms with van der Waals surface area (Å²) < 4.78 is 14.4. The summed E-state index contributed by atoms with van der Waals surface area (Å²) in [4.78, 5) is 25.9. The first-order valence-corrected chi connectivity index (χ1v) is 7.64. The number of carbonyl (C=O) groups excluding carboxylic acids is 2. The maximum Gasteiger partial charge on any atom is 0.263 e. The lowest BCUT2D eigenvalue weighted by Gasteiger charge is -2.30. The van der Waals surface area contributed by atoms with E-state index in [1.165, 1.54) is 17.4 Å². The maximum atomic E-state index is 13.7. The zero-order chi connectivity index (χ0) is 15.0. The molecule has 21 heavy (non-hydrogen) atoms. The minimum absolute atomic E-state index is 0.151. The van der Waals surface area contributed by atoms with Crippen LogP contribution in [-0.4, -0.2) is 29.8 Å². The fraction of sp³-hybridized carbons (Fsp3) is 0.333. The number of primary amides is 1. The number of rotatable bonds is 2. The van der Waals surface area contributed by atoms with E-state index in [1.807, 2.05) is 0 Å². The van der Waals surface area contributed by atoms with E-state index in [0.717, 1.165) is 17.5 Å². The van der Waals surface area contributed by atoms with Crippen LogP contribution in [0.2, 0.25) is 0 Å². The molecular formula is C15H15FN2O2S. The number of hydrogen-bond donors (Lipinski definition) is 1. The highest BCUT2D eigenvalue weighted by molar-refractivity contribution is 7.20. The molecule has 1 aromatic carbocycles. The van der Waals surface area contributed by atoms with E-state index < -0.39 is 0 Å². The molecule has 1 aliphatic rings. The molecule has 2 aromatic rings. The van der Waals surface area contributed by atoms with Gasteiger partial charge in [-0.25, -0.2) is 4.39 Å². The Morgan fingerprint density at radius 2 is 2.19 bits per heavy atom. The van der Waals surface area contributed by atoms with Gasteiger partial charge >= 0.3 is 0 Å². The zero-order valence-electron chi connectivity index (χ0n) is 11.3. The fourth-order valence-corrected chi connectivity index (χ4v) is 3.72. The van der Waals surface area contributed by atoms with Gasteiger partial charge in [-0.05, 0) is 31.0 Å². The molecular weight excluding hydrogens is 291 g/mol. The first kappa shape index (κ1) is 14.0. The molecule has 0 saturated carbocycles. The summed E-state index contributed by atoms with van der Waals surface area (Å²) >= 11 is 1.28. The quantitative estimate of drug-likeness (QED) is 0.926. The predicted octanol–water partition coefficient (Wildman–Crippen LogP) is 2.38. The van der Waals surface area contributed by atoms with E-state index >= 15 is 0 Å². The highest BCUT2D eigenvalue weighted by Crippen LogP contribution is 2.29. The van der Waals surface area contributed by atoms with Gasteiger partial charge in [0.05, 0.1) is 10.8 Å². The molecule has 1 aliphatic heterocycles. The lowest BCUT2D eigenvalue weighted by atomic mass is 9.97. The van der Waals surface area contributed by atoms with Gasteiger partial charge < -0.3 is 10.6 Å². The number of thiophene rings is 1. The minimum Gasteiger partial charge on any atom is -0.369 e. The van der Waals surface area contributed by atoms with Gasteiger partial charge in [-0.15, -0.1) is 11.3 Å². The molecule has 0 spiro atoms. The number of carbonyl (C=O) groups is 2. The van der Waals surface area contributed by atoms with Crippen molar-refractivity contribution in [3.05, 3.63) is 35.0 Å². The van der Waals surface area contributed by atoms with Gasteiger partial charge in [0.25, 0.3) is 5.91 Å². The van der Waals surface area contributed by atoms with Crippen LogP contribution in [0.15, 0.2) is 24.3 Å². The number of nitrogens with two attached hydrogens (primary N) is 1. The Kier molecular flexibility index (Phi) is 3.63. The molecule has 1 fully saturated rings. The molecule has 6 heteroatoms. The van der Waals surface area contributed by atoms with E-state index in [2.05, 4.69) is 0 Å². The number of amides is 2. The highest BCUT2D eigenvalue weighted by atomic mass is 32.1. The molecule has 1 atom stereocenters. The van der Waals surface area contributed by atoms with E-state index in [9.17, 15) is 14.0 Å². The van der Waals surface area contributed by atoms with Gasteiger partial charge in [-0.3, -0.25) is 9.59 Å². The number of benzene rings is 1. The maximum absolute atomic E-state index is 13.7. The number of hydrogen-bond acceptors (Lipinski definition) is 3. The average molecular weight is 306 g/mol. The van der Waals surface area contributed by atoms with Crippen molar-refractivity contribution in [1.29, 1.82) is 0 Å². The summed E-state index contributed by atoms with van der Waals surface area (Å²) in [6, 6.07) is 6.40. The first-order chi connectivity index (χ1) is 10.1. The molecule has 0 aliphatic carbocycles. The molecule has 2 amide bonds. The Bertz CT molecular complexity index is 713. The van der Waals surface area contributed by atoms with Gasteiger partial charge in [-0.1, -0.05) is 6.07 Å². The zero-order valence-corrected chi connectivity index (χ0v) is 12.2. The lowest BCUT2D eigenvalue weighted by Crippen LogP contribution is -2.43. The summed E-state index contributed by atoms with van der Waals surface area (Å²) in [5, 5.41) is 0.467. The van der Waals surface area contributed by atoms with Crippen molar-refractivity contribution >= 4 is 33.2 Å². The summed E-state index contributed by atoms with van der Waals surface area (Å²) in [5.41, 5.74) is 5.33. The van der Waals surface area contributed by atoms with Gasteiger partial charge in [-0.2, -0.15) is 0 Å². The minimum atomic E-state index is -0.366. The molecule has 4 nitrogen and oxygen atoms in total. The fourth-order valence-electron chi connectivity index (χ4n) is 2.68. The van der Waals surface area contributed by atoms with E-state index in [1.54, 1.807) is 23.1 Å². The number of fused-ring (bicyclic) bond motifs is 1. The molecule has 2 N–H and O–H groups in total. The molecule has 0 radical (unpaired) electrons. The van der Waals surface area contributed by atoms with Crippen molar-refractivity contribution in [2.24, 2.45) is 11.7 Å². The van der Waals surface area contributed by atoms with Crippen LogP contribution in [0, 0.1) is 11.7 Å². The molecule has 2 heterocycles. The Hall–Kier alpha value is -1.95. The van der Waals surface area contributed by atoms with Crippen molar-refractivity contribution < 1.29 is 14.0 Å². The second-order valence-electron chi connectivity index (χ2n) is 5.25. The molecule has 0 bridgehead atoms. The number of halogens is 1. The Morgan fingerprint density at radius 3 is 2.90 bits per heavy atom. The third kappa shape index (κ3) is 2.63. The van der Waals surface area contributed by atoms with Crippen molar-refractivity contribution in [3.8, 4) is 0 Å². The van der Waals surface area contributed by atoms with Crippen LogP contribution in [-0.2, 0) is 4.79 Å². The van der Waals surface area contributed by atoms with Crippen LogP contribution in [0.3, 0.4) is 0 Å². The topological polar surface area (TPSA) is 63.4 Å². The van der Waals surface area contributed by atoms with Gasteiger partial charge in [0.2, 0.25) is 5.91 Å². The van der Waals surface area contributed by atoms with Crippen LogP contribution >= 0.6 is 11.3 Å². The summed E-state index contributed by atoms with van der Waals surface area (Å²) in [6.45, 7) is 0.963. The van der Waals surface area contributed by atoms with Crippen molar-refractivity contribution in [1.82, 2.24) is 4.90 Å². The predicted molar refractivity (Wildman–Crippen MR) is 79.6 cm³/mol. The Morgan fingerprint density at radius 1 is 1.38 bits per heavy atom. The Labute approximate surface area is 125 Å². The van der Waals surface area contributed by atoms with E-state index in [0.29, 0.717) is 23.4 Å². The third-order valence-electron chi connectivity index (χ3n) is 3.83. The van der Waals surface area contributed by atoms with Gasteiger partial charge in [0.1, 0.15) is 5.82 Å². The number of likely N-dealkylation sites (tertiary alicyclic amines) is 1. The second kappa shape index (κ2) is 5.44. The molecule has 1 aromatic heterocycles. The molecule has 1 saturated heterocycles. The molecule has 1 unspecified atom stereocenters. The largest absolute Gasteiger partial charge is 0.369 e. The van der Waals surface area contributed by atoms with Crippen molar-refractivity contribution in [2.75, 3.05) is 13.1 Å². The van der Waals surface area contributed by atoms with Crippen molar-refractivity contribution in [3.63, 3.8) is 0 Å². The average Bonchev–Trinajstić information content (AvgIpc) is 2.92. The lowest BCUT2D eigenvalue weighted by molar-refractivity contribution is -0.123. The van der Waals surface area contributed by atoms with Gasteiger partial charge in [0, 0.05) is 23.2 Å². The van der Waals surface area contributed by atoms with Crippen molar-refractivity contribution in [2.45, 2.75) is 12.8 Å². The normalized spacial score (nSPS) is 18.9. The standard InChI is InChI=1S/C15H15FN2O2S/c16-11-4-1-5-12-10(11)7-13(21-12)15(20)18-6-2-3-9(8-18)14(17)19/h1,4-5,7,9H,2-3,6,8H2,(H2,17,19). The summed E-state index contributed by atoms with van der Waals surface area (Å²) in [5.74, 6) is -1.12. The number of piperidine rings is 1. The third-order valence-corrected chi connectivity index (χ3v) is 4.92.